The van der Waals surface area contributed by atoms with E-state index in [4.69, 9.17) is 4.74 Å². The molecule has 0 amide bonds. The quantitative estimate of drug-likeness (QED) is 0.747. The molecule has 0 aliphatic heterocycles. The van der Waals surface area contributed by atoms with Crippen molar-refractivity contribution >= 4 is 17.5 Å². The molecule has 24 heavy (non-hydrogen) atoms. The molecule has 1 N–H and O–H groups in total. The molecule has 3 rings (SSSR count). The van der Waals surface area contributed by atoms with Gasteiger partial charge in [-0.3, -0.25) is 0 Å². The van der Waals surface area contributed by atoms with Gasteiger partial charge in [0.15, 0.2) is 0 Å². The van der Waals surface area contributed by atoms with Crippen LogP contribution >= 0.6 is 0 Å². The van der Waals surface area contributed by atoms with E-state index in [-0.39, 0.29) is 0 Å². The second kappa shape index (κ2) is 7.46. The molecule has 5 nitrogen and oxygen atoms in total. The molecule has 0 saturated heterocycles. The topological polar surface area (TPSA) is 50.3 Å². The first-order chi connectivity index (χ1) is 11.8. The van der Waals surface area contributed by atoms with Crippen LogP contribution in [0.5, 0.6) is 5.75 Å². The maximum atomic E-state index is 5.17. The smallest absolute Gasteiger partial charge is 0.231 e. The summed E-state index contributed by atoms with van der Waals surface area (Å²) in [6.07, 6.45) is 1.76. The predicted octanol–water partition coefficient (Wildman–Crippen LogP) is 3.87. The van der Waals surface area contributed by atoms with Crippen molar-refractivity contribution in [2.75, 3.05) is 24.4 Å². The van der Waals surface area contributed by atoms with E-state index in [1.165, 1.54) is 0 Å². The van der Waals surface area contributed by atoms with Gasteiger partial charge in [0, 0.05) is 25.5 Å². The highest BCUT2D eigenvalue weighted by Gasteiger charge is 2.07. The van der Waals surface area contributed by atoms with E-state index in [1.807, 2.05) is 72.6 Å². The molecule has 3 aromatic rings. The standard InChI is InChI=1S/C19H20N4O/c1-23(16-6-4-3-5-7-16)19-20-13-12-18(22-19)21-14-15-8-10-17(24-2)11-9-15/h3-13H,14H2,1-2H3,(H,20,21,22). The van der Waals surface area contributed by atoms with Gasteiger partial charge in [-0.1, -0.05) is 30.3 Å². The van der Waals surface area contributed by atoms with E-state index in [0.29, 0.717) is 12.5 Å². The Morgan fingerprint density at radius 2 is 1.75 bits per heavy atom. The Bertz CT molecular complexity index is 775. The fourth-order valence-corrected chi connectivity index (χ4v) is 2.31. The third-order valence-corrected chi connectivity index (χ3v) is 3.72. The normalized spacial score (nSPS) is 10.2. The summed E-state index contributed by atoms with van der Waals surface area (Å²) in [5.74, 6) is 2.30. The number of nitrogens with zero attached hydrogens (tertiary/aromatic N) is 3. The Morgan fingerprint density at radius 3 is 2.46 bits per heavy atom. The van der Waals surface area contributed by atoms with E-state index >= 15 is 0 Å². The van der Waals surface area contributed by atoms with Crippen LogP contribution in [0, 0.1) is 0 Å². The monoisotopic (exact) mass is 320 g/mol. The van der Waals surface area contributed by atoms with Crippen LogP contribution in [0.15, 0.2) is 66.9 Å². The van der Waals surface area contributed by atoms with Crippen LogP contribution < -0.4 is 15.0 Å². The lowest BCUT2D eigenvalue weighted by molar-refractivity contribution is 0.414. The van der Waals surface area contributed by atoms with Crippen molar-refractivity contribution in [2.24, 2.45) is 0 Å². The SMILES string of the molecule is COc1ccc(CNc2ccnc(N(C)c3ccccc3)n2)cc1. The van der Waals surface area contributed by atoms with Crippen LogP contribution in [-0.2, 0) is 6.54 Å². The van der Waals surface area contributed by atoms with E-state index in [1.54, 1.807) is 13.3 Å². The van der Waals surface area contributed by atoms with Crippen LogP contribution in [0.2, 0.25) is 0 Å². The van der Waals surface area contributed by atoms with Gasteiger partial charge in [-0.15, -0.1) is 0 Å². The lowest BCUT2D eigenvalue weighted by Gasteiger charge is -2.17. The molecule has 0 spiro atoms. The number of hydrogen-bond acceptors (Lipinski definition) is 5. The number of benzene rings is 2. The molecule has 2 aromatic carbocycles. The van der Waals surface area contributed by atoms with E-state index in [9.17, 15) is 0 Å². The molecule has 0 aliphatic carbocycles. The molecular formula is C19H20N4O. The Morgan fingerprint density at radius 1 is 1.00 bits per heavy atom. The number of para-hydroxylation sites is 1. The maximum Gasteiger partial charge on any atom is 0.231 e. The van der Waals surface area contributed by atoms with Crippen LogP contribution in [-0.4, -0.2) is 24.1 Å². The molecular weight excluding hydrogens is 300 g/mol. The van der Waals surface area contributed by atoms with Gasteiger partial charge in [-0.05, 0) is 35.9 Å². The number of aromatic nitrogens is 2. The largest absolute Gasteiger partial charge is 0.497 e. The third-order valence-electron chi connectivity index (χ3n) is 3.72. The average molecular weight is 320 g/mol. The molecule has 0 atom stereocenters. The van der Waals surface area contributed by atoms with E-state index in [0.717, 1.165) is 22.8 Å². The summed E-state index contributed by atoms with van der Waals surface area (Å²) in [7, 11) is 3.62. The van der Waals surface area contributed by atoms with Gasteiger partial charge >= 0.3 is 0 Å². The van der Waals surface area contributed by atoms with Crippen LogP contribution in [0.25, 0.3) is 0 Å². The summed E-state index contributed by atoms with van der Waals surface area (Å²) < 4.78 is 5.17. The van der Waals surface area contributed by atoms with Crippen LogP contribution in [0.3, 0.4) is 0 Å². The zero-order chi connectivity index (χ0) is 16.8. The second-order valence-electron chi connectivity index (χ2n) is 5.34. The zero-order valence-electron chi connectivity index (χ0n) is 13.8. The fraction of sp³-hybridized carbons (Fsp3) is 0.158. The Hall–Kier alpha value is -3.08. The fourth-order valence-electron chi connectivity index (χ4n) is 2.31. The lowest BCUT2D eigenvalue weighted by atomic mass is 10.2. The minimum atomic E-state index is 0.654. The summed E-state index contributed by atoms with van der Waals surface area (Å²) in [5, 5.41) is 3.33. The van der Waals surface area contributed by atoms with Crippen molar-refractivity contribution in [3.63, 3.8) is 0 Å². The lowest BCUT2D eigenvalue weighted by Crippen LogP contribution is -2.14. The van der Waals surface area contributed by atoms with Crippen molar-refractivity contribution < 1.29 is 4.74 Å². The Labute approximate surface area is 142 Å². The Kier molecular flexibility index (Phi) is 4.91. The van der Waals surface area contributed by atoms with Gasteiger partial charge < -0.3 is 15.0 Å². The molecule has 5 heteroatoms. The summed E-state index contributed by atoms with van der Waals surface area (Å²) in [6, 6.07) is 19.9. The number of rotatable bonds is 6. The average Bonchev–Trinajstić information content (AvgIpc) is 2.67. The van der Waals surface area contributed by atoms with Gasteiger partial charge in [0.2, 0.25) is 5.95 Å². The highest BCUT2D eigenvalue weighted by Crippen LogP contribution is 2.20. The minimum Gasteiger partial charge on any atom is -0.497 e. The van der Waals surface area contributed by atoms with Crippen molar-refractivity contribution in [3.8, 4) is 5.75 Å². The first kappa shape index (κ1) is 15.8. The van der Waals surface area contributed by atoms with Gasteiger partial charge in [0.25, 0.3) is 0 Å². The molecule has 0 fully saturated rings. The van der Waals surface area contributed by atoms with E-state index in [2.05, 4.69) is 15.3 Å². The van der Waals surface area contributed by atoms with Crippen molar-refractivity contribution in [1.29, 1.82) is 0 Å². The van der Waals surface area contributed by atoms with Gasteiger partial charge in [0.05, 0.1) is 7.11 Å². The minimum absolute atomic E-state index is 0.654. The number of hydrogen-bond donors (Lipinski definition) is 1. The third kappa shape index (κ3) is 3.81. The molecule has 122 valence electrons. The number of methoxy groups -OCH3 is 1. The van der Waals surface area contributed by atoms with Gasteiger partial charge in [-0.25, -0.2) is 4.98 Å². The Balaban J connectivity index is 1.68. The molecule has 0 aliphatic rings. The number of ether oxygens (including phenoxy) is 1. The van der Waals surface area contributed by atoms with Gasteiger partial charge in [0.1, 0.15) is 11.6 Å². The van der Waals surface area contributed by atoms with Crippen molar-refractivity contribution in [2.45, 2.75) is 6.54 Å². The molecule has 1 aromatic heterocycles. The summed E-state index contributed by atoms with van der Waals surface area (Å²) in [5.41, 5.74) is 2.21. The van der Waals surface area contributed by atoms with Gasteiger partial charge in [-0.2, -0.15) is 4.98 Å². The van der Waals surface area contributed by atoms with Crippen molar-refractivity contribution in [3.05, 3.63) is 72.4 Å². The first-order valence-electron chi connectivity index (χ1n) is 7.75. The summed E-state index contributed by atoms with van der Waals surface area (Å²) in [6.45, 7) is 0.690. The highest BCUT2D eigenvalue weighted by atomic mass is 16.5. The second-order valence-corrected chi connectivity index (χ2v) is 5.34. The first-order valence-corrected chi connectivity index (χ1v) is 7.75. The summed E-state index contributed by atoms with van der Waals surface area (Å²) >= 11 is 0. The highest BCUT2D eigenvalue weighted by molar-refractivity contribution is 5.57. The summed E-state index contributed by atoms with van der Waals surface area (Å²) in [4.78, 5) is 10.9. The maximum absolute atomic E-state index is 5.17. The molecule has 0 bridgehead atoms. The zero-order valence-corrected chi connectivity index (χ0v) is 13.8. The molecule has 0 radical (unpaired) electrons. The molecule has 0 saturated carbocycles. The number of anilines is 3. The molecule has 1 heterocycles. The van der Waals surface area contributed by atoms with Crippen LogP contribution in [0.4, 0.5) is 17.5 Å². The van der Waals surface area contributed by atoms with Crippen molar-refractivity contribution in [1.82, 2.24) is 9.97 Å². The number of nitrogens with one attached hydrogen (secondary N) is 1. The molecule has 0 unspecified atom stereocenters. The van der Waals surface area contributed by atoms with E-state index < -0.39 is 0 Å². The van der Waals surface area contributed by atoms with Crippen LogP contribution in [0.1, 0.15) is 5.56 Å². The predicted molar refractivity (Wildman–Crippen MR) is 96.9 cm³/mol.